The summed E-state index contributed by atoms with van der Waals surface area (Å²) in [5, 5.41) is 0. The zero-order valence-corrected chi connectivity index (χ0v) is 17.0. The second kappa shape index (κ2) is 8.78. The molecule has 2 aliphatic heterocycles. The van der Waals surface area contributed by atoms with E-state index in [0.717, 1.165) is 49.9 Å². The Morgan fingerprint density at radius 1 is 1.28 bits per heavy atom. The van der Waals surface area contributed by atoms with Crippen LogP contribution in [-0.4, -0.2) is 53.1 Å². The van der Waals surface area contributed by atoms with Gasteiger partial charge in [-0.1, -0.05) is 6.07 Å². The number of amides is 1. The van der Waals surface area contributed by atoms with Gasteiger partial charge in [-0.05, 0) is 50.4 Å². The van der Waals surface area contributed by atoms with Crippen molar-refractivity contribution in [1.82, 2.24) is 14.9 Å². The Kier molecular flexibility index (Phi) is 5.94. The third kappa shape index (κ3) is 4.67. The average molecular weight is 396 g/mol. The standard InChI is InChI=1S/C22H29N5O2/c1-16-4-2-10-26(16)11-3-13-29-21-8-6-18-15-27(12-9-19(18)25-21)20-7-5-17(14-24-20)22(23)28/h5-8,14,16H,2-4,9-13,15H2,1H3,(H2,23,28)/t16-/m1/s1. The number of nitrogens with two attached hydrogens (primary N) is 1. The van der Waals surface area contributed by atoms with Crippen molar-refractivity contribution in [2.24, 2.45) is 5.73 Å². The molecule has 2 aliphatic rings. The number of carbonyl (C=O) groups is 1. The molecule has 29 heavy (non-hydrogen) atoms. The molecule has 0 saturated carbocycles. The summed E-state index contributed by atoms with van der Waals surface area (Å²) in [4.78, 5) is 25.0. The molecule has 154 valence electrons. The number of carbonyl (C=O) groups excluding carboxylic acids is 1. The molecule has 0 radical (unpaired) electrons. The molecule has 1 saturated heterocycles. The highest BCUT2D eigenvalue weighted by Crippen LogP contribution is 2.24. The number of hydrogen-bond donors (Lipinski definition) is 1. The van der Waals surface area contributed by atoms with E-state index in [2.05, 4.69) is 27.8 Å². The third-order valence-electron chi connectivity index (χ3n) is 5.91. The first kappa shape index (κ1) is 19.6. The van der Waals surface area contributed by atoms with Gasteiger partial charge in [0, 0.05) is 44.4 Å². The molecular weight excluding hydrogens is 366 g/mol. The SMILES string of the molecule is C[C@@H]1CCCN1CCCOc1ccc2c(n1)CCN(c1ccc(C(N)=O)cn1)C2. The van der Waals surface area contributed by atoms with Gasteiger partial charge in [0.2, 0.25) is 11.8 Å². The van der Waals surface area contributed by atoms with Gasteiger partial charge in [0.05, 0.1) is 17.9 Å². The van der Waals surface area contributed by atoms with Crippen LogP contribution in [0, 0.1) is 0 Å². The monoisotopic (exact) mass is 395 g/mol. The number of likely N-dealkylation sites (tertiary alicyclic amines) is 1. The molecule has 4 heterocycles. The van der Waals surface area contributed by atoms with E-state index in [1.165, 1.54) is 31.1 Å². The summed E-state index contributed by atoms with van der Waals surface area (Å²) in [6, 6.07) is 8.34. The molecule has 2 N–H and O–H groups in total. The zero-order chi connectivity index (χ0) is 20.2. The number of primary amides is 1. The normalized spacial score (nSPS) is 19.2. The van der Waals surface area contributed by atoms with Gasteiger partial charge in [-0.25, -0.2) is 9.97 Å². The second-order valence-electron chi connectivity index (χ2n) is 7.93. The predicted molar refractivity (Wildman–Crippen MR) is 112 cm³/mol. The fourth-order valence-corrected chi connectivity index (χ4v) is 4.16. The predicted octanol–water partition coefficient (Wildman–Crippen LogP) is 2.39. The molecule has 7 heteroatoms. The maximum Gasteiger partial charge on any atom is 0.250 e. The third-order valence-corrected chi connectivity index (χ3v) is 5.91. The van der Waals surface area contributed by atoms with Gasteiger partial charge in [0.25, 0.3) is 0 Å². The molecule has 0 unspecified atom stereocenters. The molecule has 4 rings (SSSR count). The lowest BCUT2D eigenvalue weighted by atomic mass is 10.1. The largest absolute Gasteiger partial charge is 0.478 e. The summed E-state index contributed by atoms with van der Waals surface area (Å²) in [7, 11) is 0. The average Bonchev–Trinajstić information content (AvgIpc) is 3.15. The Morgan fingerprint density at radius 3 is 2.90 bits per heavy atom. The Hall–Kier alpha value is -2.67. The summed E-state index contributed by atoms with van der Waals surface area (Å²) in [6.45, 7) is 6.91. The van der Waals surface area contributed by atoms with E-state index in [9.17, 15) is 4.79 Å². The van der Waals surface area contributed by atoms with Crippen molar-refractivity contribution in [2.45, 2.75) is 45.2 Å². The fraction of sp³-hybridized carbons (Fsp3) is 0.500. The molecule has 0 aromatic carbocycles. The molecule has 0 spiro atoms. The van der Waals surface area contributed by atoms with Gasteiger partial charge in [-0.3, -0.25) is 4.79 Å². The molecule has 1 atom stereocenters. The maximum absolute atomic E-state index is 11.2. The summed E-state index contributed by atoms with van der Waals surface area (Å²) in [5.74, 6) is 1.10. The first-order chi connectivity index (χ1) is 14.1. The number of fused-ring (bicyclic) bond motifs is 1. The molecule has 7 nitrogen and oxygen atoms in total. The highest BCUT2D eigenvalue weighted by atomic mass is 16.5. The Labute approximate surface area is 171 Å². The van der Waals surface area contributed by atoms with Gasteiger partial charge in [0.15, 0.2) is 0 Å². The van der Waals surface area contributed by atoms with Crippen molar-refractivity contribution in [3.8, 4) is 5.88 Å². The van der Waals surface area contributed by atoms with E-state index in [1.54, 1.807) is 6.07 Å². The van der Waals surface area contributed by atoms with Gasteiger partial charge in [0.1, 0.15) is 5.82 Å². The van der Waals surface area contributed by atoms with E-state index < -0.39 is 5.91 Å². The number of aromatic nitrogens is 2. The fourth-order valence-electron chi connectivity index (χ4n) is 4.16. The molecule has 1 fully saturated rings. The first-order valence-corrected chi connectivity index (χ1v) is 10.5. The summed E-state index contributed by atoms with van der Waals surface area (Å²) >= 11 is 0. The first-order valence-electron chi connectivity index (χ1n) is 10.5. The van der Waals surface area contributed by atoms with E-state index >= 15 is 0 Å². The molecule has 2 aromatic heterocycles. The van der Waals surface area contributed by atoms with Crippen molar-refractivity contribution >= 4 is 11.7 Å². The number of ether oxygens (including phenoxy) is 1. The molecule has 1 amide bonds. The van der Waals surface area contributed by atoms with Crippen molar-refractivity contribution in [1.29, 1.82) is 0 Å². The van der Waals surface area contributed by atoms with Crippen LogP contribution in [0.1, 0.15) is 47.8 Å². The van der Waals surface area contributed by atoms with Gasteiger partial charge in [-0.15, -0.1) is 0 Å². The maximum atomic E-state index is 11.2. The lowest BCUT2D eigenvalue weighted by Crippen LogP contribution is -2.31. The van der Waals surface area contributed by atoms with Gasteiger partial charge in [-0.2, -0.15) is 0 Å². The van der Waals surface area contributed by atoms with Crippen LogP contribution >= 0.6 is 0 Å². The van der Waals surface area contributed by atoms with E-state index in [4.69, 9.17) is 15.5 Å². The van der Waals surface area contributed by atoms with Crippen molar-refractivity contribution in [3.05, 3.63) is 47.3 Å². The lowest BCUT2D eigenvalue weighted by molar-refractivity contribution is 0.1000. The van der Waals surface area contributed by atoms with Crippen LogP contribution in [0.25, 0.3) is 0 Å². The minimum Gasteiger partial charge on any atom is -0.478 e. The van der Waals surface area contributed by atoms with Gasteiger partial charge >= 0.3 is 0 Å². The quantitative estimate of drug-likeness (QED) is 0.725. The van der Waals surface area contributed by atoms with Crippen molar-refractivity contribution in [2.75, 3.05) is 31.1 Å². The molecule has 2 aromatic rings. The van der Waals surface area contributed by atoms with Crippen LogP contribution in [-0.2, 0) is 13.0 Å². The zero-order valence-electron chi connectivity index (χ0n) is 17.0. The minimum atomic E-state index is -0.459. The Bertz CT molecular complexity index is 855. The van der Waals surface area contributed by atoms with Crippen LogP contribution in [0.4, 0.5) is 5.82 Å². The smallest absolute Gasteiger partial charge is 0.250 e. The Morgan fingerprint density at radius 2 is 2.17 bits per heavy atom. The number of hydrogen-bond acceptors (Lipinski definition) is 6. The number of anilines is 1. The van der Waals surface area contributed by atoms with E-state index in [0.29, 0.717) is 18.2 Å². The highest BCUT2D eigenvalue weighted by Gasteiger charge is 2.20. The summed E-state index contributed by atoms with van der Waals surface area (Å²) < 4.78 is 5.91. The molecule has 0 bridgehead atoms. The summed E-state index contributed by atoms with van der Waals surface area (Å²) in [5.41, 5.74) is 8.00. The Balaban J connectivity index is 1.30. The number of rotatable bonds is 7. The topological polar surface area (TPSA) is 84.6 Å². The minimum absolute atomic E-state index is 0.425. The van der Waals surface area contributed by atoms with Crippen LogP contribution < -0.4 is 15.4 Å². The van der Waals surface area contributed by atoms with E-state index in [-0.39, 0.29) is 0 Å². The van der Waals surface area contributed by atoms with Crippen LogP contribution in [0.15, 0.2) is 30.5 Å². The molecular formula is C22H29N5O2. The van der Waals surface area contributed by atoms with Crippen LogP contribution in [0.3, 0.4) is 0 Å². The lowest BCUT2D eigenvalue weighted by Gasteiger charge is -2.29. The summed E-state index contributed by atoms with van der Waals surface area (Å²) in [6.07, 6.45) is 6.04. The number of pyridine rings is 2. The second-order valence-corrected chi connectivity index (χ2v) is 7.93. The van der Waals surface area contributed by atoms with Crippen molar-refractivity contribution in [3.63, 3.8) is 0 Å². The highest BCUT2D eigenvalue weighted by molar-refractivity contribution is 5.92. The van der Waals surface area contributed by atoms with Crippen molar-refractivity contribution < 1.29 is 9.53 Å². The van der Waals surface area contributed by atoms with Crippen LogP contribution in [0.2, 0.25) is 0 Å². The van der Waals surface area contributed by atoms with Gasteiger partial charge < -0.3 is 20.3 Å². The molecule has 0 aliphatic carbocycles. The van der Waals surface area contributed by atoms with E-state index in [1.807, 2.05) is 12.1 Å². The van der Waals surface area contributed by atoms with Crippen LogP contribution in [0.5, 0.6) is 5.88 Å². The number of nitrogens with zero attached hydrogens (tertiary/aromatic N) is 4.